The molecule has 1 aromatic carbocycles. The number of rotatable bonds is 5. The third-order valence-corrected chi connectivity index (χ3v) is 7.66. The quantitative estimate of drug-likeness (QED) is 0.421. The highest BCUT2D eigenvalue weighted by molar-refractivity contribution is 7.98. The Balaban J connectivity index is 0.000000286. The third kappa shape index (κ3) is 6.82. The Morgan fingerprint density at radius 3 is 2.56 bits per heavy atom. The van der Waals surface area contributed by atoms with Crippen LogP contribution in [0.5, 0.6) is 0 Å². The van der Waals surface area contributed by atoms with Crippen molar-refractivity contribution in [3.05, 3.63) is 53.6 Å². The van der Waals surface area contributed by atoms with Crippen LogP contribution in [0, 0.1) is 12.7 Å². The van der Waals surface area contributed by atoms with Crippen LogP contribution in [-0.2, 0) is 21.2 Å². The fourth-order valence-corrected chi connectivity index (χ4v) is 5.56. The van der Waals surface area contributed by atoms with Gasteiger partial charge in [-0.2, -0.15) is 0 Å². The summed E-state index contributed by atoms with van der Waals surface area (Å²) in [4.78, 5) is 16.6. The highest BCUT2D eigenvalue weighted by Crippen LogP contribution is 2.36. The van der Waals surface area contributed by atoms with Crippen LogP contribution in [0.1, 0.15) is 56.7 Å². The molecule has 6 nitrogen and oxygen atoms in total. The summed E-state index contributed by atoms with van der Waals surface area (Å²) < 4.78 is 38.4. The predicted octanol–water partition coefficient (Wildman–Crippen LogP) is 6.06. The molecule has 0 fully saturated rings. The lowest BCUT2D eigenvalue weighted by atomic mass is 9.91. The van der Waals surface area contributed by atoms with Gasteiger partial charge in [-0.05, 0) is 74.3 Å². The SMILES string of the molecule is CC.CS(=O)(=O)c1ccnc2c1cc1n2CCCC1CCC(=O)O.CSc1ccc(F)cc1C. The molecule has 0 aliphatic carbocycles. The molecule has 0 saturated carbocycles. The number of halogens is 1. The van der Waals surface area contributed by atoms with E-state index in [2.05, 4.69) is 4.98 Å². The van der Waals surface area contributed by atoms with E-state index in [4.69, 9.17) is 5.11 Å². The van der Waals surface area contributed by atoms with Crippen molar-refractivity contribution in [1.82, 2.24) is 9.55 Å². The van der Waals surface area contributed by atoms with E-state index in [1.165, 1.54) is 24.6 Å². The Hall–Kier alpha value is -2.39. The molecule has 34 heavy (non-hydrogen) atoms. The van der Waals surface area contributed by atoms with E-state index in [1.807, 2.05) is 37.7 Å². The van der Waals surface area contributed by atoms with Crippen molar-refractivity contribution >= 4 is 38.6 Å². The number of hydrogen-bond acceptors (Lipinski definition) is 5. The Labute approximate surface area is 205 Å². The predicted molar refractivity (Wildman–Crippen MR) is 136 cm³/mol. The minimum Gasteiger partial charge on any atom is -0.481 e. The van der Waals surface area contributed by atoms with Gasteiger partial charge in [0.25, 0.3) is 0 Å². The van der Waals surface area contributed by atoms with Crippen molar-refractivity contribution < 1.29 is 22.7 Å². The zero-order chi connectivity index (χ0) is 25.5. The summed E-state index contributed by atoms with van der Waals surface area (Å²) in [6, 6.07) is 8.24. The first-order chi connectivity index (χ1) is 16.1. The second-order valence-electron chi connectivity index (χ2n) is 7.92. The van der Waals surface area contributed by atoms with Crippen LogP contribution in [0.4, 0.5) is 4.39 Å². The maximum absolute atomic E-state index is 12.5. The number of hydrogen-bond donors (Lipinski definition) is 1. The molecule has 0 bridgehead atoms. The van der Waals surface area contributed by atoms with Gasteiger partial charge in [0.1, 0.15) is 11.5 Å². The number of benzene rings is 1. The molecule has 0 saturated heterocycles. The Morgan fingerprint density at radius 1 is 1.26 bits per heavy atom. The monoisotopic (exact) mass is 508 g/mol. The molecule has 3 heterocycles. The van der Waals surface area contributed by atoms with Gasteiger partial charge in [0.15, 0.2) is 9.84 Å². The number of aliphatic carboxylic acids is 1. The molecule has 1 atom stereocenters. The van der Waals surface area contributed by atoms with Gasteiger partial charge in [0.2, 0.25) is 0 Å². The van der Waals surface area contributed by atoms with E-state index in [0.717, 1.165) is 35.5 Å². The van der Waals surface area contributed by atoms with Gasteiger partial charge in [-0.15, -0.1) is 11.8 Å². The second kappa shape index (κ2) is 12.4. The minimum atomic E-state index is -3.32. The molecule has 1 aliphatic rings. The van der Waals surface area contributed by atoms with Gasteiger partial charge < -0.3 is 9.67 Å². The van der Waals surface area contributed by atoms with Crippen molar-refractivity contribution in [1.29, 1.82) is 0 Å². The zero-order valence-electron chi connectivity index (χ0n) is 20.3. The molecule has 4 rings (SSSR count). The van der Waals surface area contributed by atoms with E-state index in [0.29, 0.717) is 17.5 Å². The molecule has 1 unspecified atom stereocenters. The lowest BCUT2D eigenvalue weighted by molar-refractivity contribution is -0.137. The molecule has 0 amide bonds. The number of carbonyl (C=O) groups is 1. The smallest absolute Gasteiger partial charge is 0.303 e. The summed E-state index contributed by atoms with van der Waals surface area (Å²) >= 11 is 1.64. The van der Waals surface area contributed by atoms with E-state index in [9.17, 15) is 17.6 Å². The standard InChI is InChI=1S/C15H18N2O4S.C8H9FS.C2H6/c1-22(20,21)13-6-7-16-15-11(13)9-12-10(4-5-14(18)19)3-2-8-17(12)15;1-6-5-7(9)3-4-8(6)10-2;1-2/h6-7,9-10H,2-5,8H2,1H3,(H,18,19);3-5H,1-2H3;1-2H3. The van der Waals surface area contributed by atoms with Crippen LogP contribution in [0.25, 0.3) is 11.0 Å². The number of aryl methyl sites for hydroxylation is 2. The van der Waals surface area contributed by atoms with Crippen LogP contribution in [0.3, 0.4) is 0 Å². The Kier molecular flexibility index (Phi) is 10.1. The number of sulfone groups is 1. The molecule has 186 valence electrons. The number of fused-ring (bicyclic) bond motifs is 3. The molecule has 1 N–H and O–H groups in total. The maximum Gasteiger partial charge on any atom is 0.303 e. The topological polar surface area (TPSA) is 89.3 Å². The summed E-state index contributed by atoms with van der Waals surface area (Å²) in [6.07, 6.45) is 7.27. The maximum atomic E-state index is 12.5. The number of nitrogens with zero attached hydrogens (tertiary/aromatic N) is 2. The normalized spacial score (nSPS) is 14.9. The van der Waals surface area contributed by atoms with Crippen molar-refractivity contribution in [2.45, 2.75) is 68.7 Å². The lowest BCUT2D eigenvalue weighted by Gasteiger charge is -2.24. The van der Waals surface area contributed by atoms with Gasteiger partial charge >= 0.3 is 5.97 Å². The van der Waals surface area contributed by atoms with Crippen LogP contribution in [0.15, 0.2) is 46.3 Å². The second-order valence-corrected chi connectivity index (χ2v) is 10.8. The van der Waals surface area contributed by atoms with Gasteiger partial charge in [-0.25, -0.2) is 17.8 Å². The molecule has 3 aromatic rings. The number of aromatic nitrogens is 2. The average Bonchev–Trinajstić information content (AvgIpc) is 3.18. The van der Waals surface area contributed by atoms with Crippen LogP contribution >= 0.6 is 11.8 Å². The van der Waals surface area contributed by atoms with E-state index in [-0.39, 0.29) is 23.1 Å². The fourth-order valence-electron chi connectivity index (χ4n) is 4.12. The van der Waals surface area contributed by atoms with Gasteiger partial charge in [0.05, 0.1) is 4.90 Å². The Morgan fingerprint density at radius 2 is 1.97 bits per heavy atom. The average molecular weight is 509 g/mol. The summed E-state index contributed by atoms with van der Waals surface area (Å²) in [6.45, 7) is 6.71. The zero-order valence-corrected chi connectivity index (χ0v) is 22.0. The molecule has 2 aromatic heterocycles. The largest absolute Gasteiger partial charge is 0.481 e. The summed E-state index contributed by atoms with van der Waals surface area (Å²) in [5, 5.41) is 9.53. The summed E-state index contributed by atoms with van der Waals surface area (Å²) in [7, 11) is -3.32. The van der Waals surface area contributed by atoms with Gasteiger partial charge in [-0.1, -0.05) is 13.8 Å². The first-order valence-corrected chi connectivity index (χ1v) is 14.4. The lowest BCUT2D eigenvalue weighted by Crippen LogP contribution is -2.16. The number of carboxylic acid groups (broad SMARTS) is 1. The van der Waals surface area contributed by atoms with Crippen molar-refractivity contribution in [2.75, 3.05) is 12.5 Å². The third-order valence-electron chi connectivity index (χ3n) is 5.60. The highest BCUT2D eigenvalue weighted by atomic mass is 32.2. The van der Waals surface area contributed by atoms with Gasteiger partial charge in [0, 0.05) is 41.4 Å². The first kappa shape index (κ1) is 27.9. The summed E-state index contributed by atoms with van der Waals surface area (Å²) in [5.74, 6) is -0.815. The van der Waals surface area contributed by atoms with E-state index in [1.54, 1.807) is 23.9 Å². The number of pyridine rings is 1. The summed E-state index contributed by atoms with van der Waals surface area (Å²) in [5.41, 5.74) is 2.69. The molecule has 0 spiro atoms. The molecule has 1 aliphatic heterocycles. The Bertz CT molecular complexity index is 1240. The molecule has 9 heteroatoms. The van der Waals surface area contributed by atoms with Crippen LogP contribution in [0.2, 0.25) is 0 Å². The molecular weight excluding hydrogens is 475 g/mol. The van der Waals surface area contributed by atoms with Crippen LogP contribution < -0.4 is 0 Å². The number of thioether (sulfide) groups is 1. The minimum absolute atomic E-state index is 0.124. The molecular formula is C25H33FN2O4S2. The first-order valence-electron chi connectivity index (χ1n) is 11.3. The molecule has 0 radical (unpaired) electrons. The van der Waals surface area contributed by atoms with E-state index >= 15 is 0 Å². The van der Waals surface area contributed by atoms with E-state index < -0.39 is 15.8 Å². The van der Waals surface area contributed by atoms with Crippen molar-refractivity contribution in [3.63, 3.8) is 0 Å². The van der Waals surface area contributed by atoms with Crippen LogP contribution in [-0.4, -0.2) is 41.6 Å². The van der Waals surface area contributed by atoms with Gasteiger partial charge in [-0.3, -0.25) is 4.79 Å². The number of carboxylic acids is 1. The fraction of sp³-hybridized carbons (Fsp3) is 0.440. The van der Waals surface area contributed by atoms with Crippen molar-refractivity contribution in [3.8, 4) is 0 Å². The van der Waals surface area contributed by atoms with Crippen molar-refractivity contribution in [2.24, 2.45) is 0 Å². The highest BCUT2D eigenvalue weighted by Gasteiger charge is 2.26.